The van der Waals surface area contributed by atoms with Crippen LogP contribution in [-0.4, -0.2) is 25.0 Å². The van der Waals surface area contributed by atoms with E-state index in [1.165, 1.54) is 0 Å². The third-order valence-electron chi connectivity index (χ3n) is 5.02. The standard InChI is InChI=1S/C16H14N4O2/c1-10-2-4-11(5-3-10)12-14(8-17)13(19)20-16(15(12,14)9-18)21-6-7-22-16/h2-5,12H,6-7H2,1H3,(H2,19,20)/t12-,14+,15+/m1/s1. The minimum absolute atomic E-state index is 0.129. The number of rotatable bonds is 1. The van der Waals surface area contributed by atoms with Crippen molar-refractivity contribution in [1.29, 1.82) is 10.5 Å². The molecule has 6 heteroatoms. The summed E-state index contributed by atoms with van der Waals surface area (Å²) in [5.74, 6) is -1.72. The first-order valence-electron chi connectivity index (χ1n) is 7.11. The molecule has 1 saturated carbocycles. The molecule has 110 valence electrons. The summed E-state index contributed by atoms with van der Waals surface area (Å²) >= 11 is 0. The van der Waals surface area contributed by atoms with Gasteiger partial charge in [0, 0.05) is 5.92 Å². The minimum atomic E-state index is -1.45. The predicted molar refractivity (Wildman–Crippen MR) is 76.3 cm³/mol. The zero-order valence-electron chi connectivity index (χ0n) is 12.0. The largest absolute Gasteiger partial charge is 0.386 e. The molecular weight excluding hydrogens is 280 g/mol. The Balaban J connectivity index is 1.92. The van der Waals surface area contributed by atoms with Crippen LogP contribution in [0, 0.1) is 40.4 Å². The second-order valence-corrected chi connectivity index (χ2v) is 5.96. The summed E-state index contributed by atoms with van der Waals surface area (Å²) in [6.07, 6.45) is 0. The van der Waals surface area contributed by atoms with E-state index >= 15 is 0 Å². The number of nitriles is 2. The normalized spacial score (nSPS) is 37.2. The molecule has 1 aromatic carbocycles. The van der Waals surface area contributed by atoms with Crippen molar-refractivity contribution >= 4 is 5.84 Å². The van der Waals surface area contributed by atoms with Crippen LogP contribution in [0.2, 0.25) is 0 Å². The van der Waals surface area contributed by atoms with E-state index in [0.29, 0.717) is 13.2 Å². The minimum Gasteiger partial charge on any atom is -0.386 e. The average Bonchev–Trinajstić information content (AvgIpc) is 2.77. The molecule has 0 unspecified atom stereocenters. The van der Waals surface area contributed by atoms with Crippen molar-refractivity contribution in [3.8, 4) is 12.1 Å². The molecule has 3 aliphatic rings. The highest BCUT2D eigenvalue weighted by molar-refractivity contribution is 6.00. The Morgan fingerprint density at radius 3 is 2.36 bits per heavy atom. The topological polar surface area (TPSA) is 104 Å². The lowest BCUT2D eigenvalue weighted by atomic mass is 9.94. The maximum Gasteiger partial charge on any atom is 0.293 e. The fourth-order valence-corrected chi connectivity index (χ4v) is 3.98. The number of ether oxygens (including phenoxy) is 2. The van der Waals surface area contributed by atoms with E-state index in [9.17, 15) is 10.5 Å². The Morgan fingerprint density at radius 2 is 1.82 bits per heavy atom. The van der Waals surface area contributed by atoms with Gasteiger partial charge in [0.15, 0.2) is 5.41 Å². The quantitative estimate of drug-likeness (QED) is 0.837. The van der Waals surface area contributed by atoms with Crippen LogP contribution in [0.15, 0.2) is 29.3 Å². The monoisotopic (exact) mass is 294 g/mol. The number of nitrogens with zero attached hydrogens (tertiary/aromatic N) is 3. The van der Waals surface area contributed by atoms with Gasteiger partial charge in [0.1, 0.15) is 11.3 Å². The zero-order valence-corrected chi connectivity index (χ0v) is 12.0. The fourth-order valence-electron chi connectivity index (χ4n) is 3.98. The van der Waals surface area contributed by atoms with Gasteiger partial charge in [0.2, 0.25) is 0 Å². The van der Waals surface area contributed by atoms with Gasteiger partial charge in [-0.15, -0.1) is 0 Å². The fraction of sp³-hybridized carbons (Fsp3) is 0.438. The lowest BCUT2D eigenvalue weighted by molar-refractivity contribution is -0.184. The van der Waals surface area contributed by atoms with Gasteiger partial charge in [-0.05, 0) is 12.5 Å². The van der Waals surface area contributed by atoms with Gasteiger partial charge in [0.05, 0.1) is 25.4 Å². The maximum absolute atomic E-state index is 9.90. The van der Waals surface area contributed by atoms with Gasteiger partial charge >= 0.3 is 0 Å². The Labute approximate surface area is 127 Å². The number of hydrogen-bond acceptors (Lipinski definition) is 6. The Bertz CT molecular complexity index is 767. The number of amidine groups is 1. The van der Waals surface area contributed by atoms with Crippen molar-refractivity contribution in [3.63, 3.8) is 0 Å². The van der Waals surface area contributed by atoms with Crippen LogP contribution in [0.1, 0.15) is 17.0 Å². The first-order valence-corrected chi connectivity index (χ1v) is 7.11. The summed E-state index contributed by atoms with van der Waals surface area (Å²) < 4.78 is 11.3. The highest BCUT2D eigenvalue weighted by Gasteiger charge is 2.94. The summed E-state index contributed by atoms with van der Waals surface area (Å²) in [6.45, 7) is 2.66. The van der Waals surface area contributed by atoms with Crippen molar-refractivity contribution in [3.05, 3.63) is 35.4 Å². The van der Waals surface area contributed by atoms with Crippen LogP contribution in [0.5, 0.6) is 0 Å². The molecule has 0 aromatic heterocycles. The Kier molecular flexibility index (Phi) is 2.33. The van der Waals surface area contributed by atoms with Crippen molar-refractivity contribution in [2.45, 2.75) is 18.8 Å². The molecule has 2 aliphatic heterocycles. The third kappa shape index (κ3) is 1.13. The van der Waals surface area contributed by atoms with Crippen LogP contribution in [0.25, 0.3) is 0 Å². The van der Waals surface area contributed by atoms with E-state index in [0.717, 1.165) is 11.1 Å². The van der Waals surface area contributed by atoms with Crippen LogP contribution >= 0.6 is 0 Å². The molecule has 1 saturated heterocycles. The number of hydrogen-bond donors (Lipinski definition) is 1. The van der Waals surface area contributed by atoms with Crippen molar-refractivity contribution in [2.24, 2.45) is 21.6 Å². The summed E-state index contributed by atoms with van der Waals surface area (Å²) in [6, 6.07) is 12.3. The van der Waals surface area contributed by atoms with Gasteiger partial charge in [-0.1, -0.05) is 29.8 Å². The van der Waals surface area contributed by atoms with Crippen molar-refractivity contribution in [1.82, 2.24) is 0 Å². The smallest absolute Gasteiger partial charge is 0.293 e. The Hall–Kier alpha value is -2.41. The molecule has 2 N–H and O–H groups in total. The zero-order chi connectivity index (χ0) is 15.6. The highest BCUT2D eigenvalue weighted by atomic mass is 16.8. The lowest BCUT2D eigenvalue weighted by Crippen LogP contribution is -2.38. The number of nitrogens with two attached hydrogens (primary N) is 1. The van der Waals surface area contributed by atoms with Gasteiger partial charge in [-0.3, -0.25) is 0 Å². The SMILES string of the molecule is Cc1ccc([C@@H]2[C@@]3(C#N)C(N)=NC4(OCCO4)[C@@]23C#N)cc1. The molecule has 6 nitrogen and oxygen atoms in total. The third-order valence-corrected chi connectivity index (χ3v) is 5.02. The molecule has 1 spiro atoms. The first kappa shape index (κ1) is 13.3. The van der Waals surface area contributed by atoms with Gasteiger partial charge < -0.3 is 15.2 Å². The number of fused-ring (bicyclic) bond motifs is 2. The van der Waals surface area contributed by atoms with E-state index in [-0.39, 0.29) is 5.84 Å². The molecule has 22 heavy (non-hydrogen) atoms. The molecule has 1 aliphatic carbocycles. The molecule has 1 aromatic rings. The van der Waals surface area contributed by atoms with Gasteiger partial charge in [-0.25, -0.2) is 4.99 Å². The second kappa shape index (κ2) is 3.86. The van der Waals surface area contributed by atoms with Crippen LogP contribution in [-0.2, 0) is 9.47 Å². The molecule has 2 fully saturated rings. The van der Waals surface area contributed by atoms with Gasteiger partial charge in [0.25, 0.3) is 5.91 Å². The lowest BCUT2D eigenvalue weighted by Gasteiger charge is -2.25. The summed E-state index contributed by atoms with van der Waals surface area (Å²) in [7, 11) is 0. The number of benzene rings is 1. The second-order valence-electron chi connectivity index (χ2n) is 5.96. The molecule has 0 amide bonds. The molecule has 2 heterocycles. The van der Waals surface area contributed by atoms with E-state index in [1.54, 1.807) is 0 Å². The number of aryl methyl sites for hydroxylation is 1. The van der Waals surface area contributed by atoms with Crippen molar-refractivity contribution in [2.75, 3.05) is 13.2 Å². The first-order chi connectivity index (χ1) is 10.6. The average molecular weight is 294 g/mol. The molecule has 0 radical (unpaired) electrons. The van der Waals surface area contributed by atoms with Gasteiger partial charge in [-0.2, -0.15) is 10.5 Å². The van der Waals surface area contributed by atoms with Crippen LogP contribution < -0.4 is 5.73 Å². The summed E-state index contributed by atoms with van der Waals surface area (Å²) in [5.41, 5.74) is 5.65. The van der Waals surface area contributed by atoms with E-state index in [2.05, 4.69) is 17.1 Å². The molecule has 0 bridgehead atoms. The Morgan fingerprint density at radius 1 is 1.18 bits per heavy atom. The number of aliphatic imine (C=N–C) groups is 1. The summed E-state index contributed by atoms with van der Waals surface area (Å²) in [4.78, 5) is 4.23. The van der Waals surface area contributed by atoms with Crippen LogP contribution in [0.4, 0.5) is 0 Å². The van der Waals surface area contributed by atoms with Crippen LogP contribution in [0.3, 0.4) is 0 Å². The predicted octanol–water partition coefficient (Wildman–Crippen LogP) is 1.18. The maximum atomic E-state index is 9.90. The molecular formula is C16H14N4O2. The van der Waals surface area contributed by atoms with Crippen molar-refractivity contribution < 1.29 is 9.47 Å². The van der Waals surface area contributed by atoms with E-state index in [1.807, 2.05) is 31.2 Å². The van der Waals surface area contributed by atoms with E-state index in [4.69, 9.17) is 15.2 Å². The summed E-state index contributed by atoms with van der Waals surface area (Å²) in [5, 5.41) is 19.7. The van der Waals surface area contributed by atoms with E-state index < -0.39 is 22.7 Å². The molecule has 3 atom stereocenters. The highest BCUT2D eigenvalue weighted by Crippen LogP contribution is 2.82. The molecule has 4 rings (SSSR count).